The summed E-state index contributed by atoms with van der Waals surface area (Å²) < 4.78 is 1.76. The molecule has 0 aliphatic carbocycles. The standard InChI is InChI=1S/C10H16ClN3O2/c1-3-4-14(7-10(15)16)6-9-12-5-8(11)13(9)2/h5H,3-4,6-7H2,1-2H3,(H,15,16). The summed E-state index contributed by atoms with van der Waals surface area (Å²) in [6.45, 7) is 3.28. The van der Waals surface area contributed by atoms with Gasteiger partial charge in [0.25, 0.3) is 0 Å². The van der Waals surface area contributed by atoms with Gasteiger partial charge in [0.15, 0.2) is 0 Å². The van der Waals surface area contributed by atoms with Crippen LogP contribution in [0.25, 0.3) is 0 Å². The lowest BCUT2D eigenvalue weighted by Gasteiger charge is -2.18. The average molecular weight is 246 g/mol. The third kappa shape index (κ3) is 3.50. The Bertz CT molecular complexity index is 365. The van der Waals surface area contributed by atoms with Crippen LogP contribution in [-0.2, 0) is 18.4 Å². The van der Waals surface area contributed by atoms with Gasteiger partial charge in [0.1, 0.15) is 11.0 Å². The van der Waals surface area contributed by atoms with E-state index in [1.165, 1.54) is 0 Å². The molecule has 0 aliphatic rings. The van der Waals surface area contributed by atoms with Gasteiger partial charge in [0.2, 0.25) is 0 Å². The molecule has 0 amide bonds. The molecule has 1 rings (SSSR count). The Morgan fingerprint density at radius 3 is 2.81 bits per heavy atom. The second-order valence-electron chi connectivity index (χ2n) is 3.66. The quantitative estimate of drug-likeness (QED) is 0.823. The zero-order chi connectivity index (χ0) is 12.1. The van der Waals surface area contributed by atoms with E-state index in [9.17, 15) is 4.79 Å². The molecule has 6 heteroatoms. The third-order valence-corrected chi connectivity index (χ3v) is 2.64. The molecule has 5 nitrogen and oxygen atoms in total. The highest BCUT2D eigenvalue weighted by molar-refractivity contribution is 6.29. The van der Waals surface area contributed by atoms with Crippen molar-refractivity contribution in [2.75, 3.05) is 13.1 Å². The van der Waals surface area contributed by atoms with Crippen molar-refractivity contribution < 1.29 is 9.90 Å². The van der Waals surface area contributed by atoms with Crippen LogP contribution < -0.4 is 0 Å². The minimum absolute atomic E-state index is 0.0261. The van der Waals surface area contributed by atoms with Gasteiger partial charge in [-0.05, 0) is 13.0 Å². The summed E-state index contributed by atoms with van der Waals surface area (Å²) in [4.78, 5) is 16.6. The first-order valence-electron chi connectivity index (χ1n) is 5.14. The van der Waals surface area contributed by atoms with Crippen LogP contribution in [0, 0.1) is 0 Å². The summed E-state index contributed by atoms with van der Waals surface area (Å²) in [5.41, 5.74) is 0. The second-order valence-corrected chi connectivity index (χ2v) is 4.05. The number of carbonyl (C=O) groups is 1. The number of aromatic nitrogens is 2. The zero-order valence-corrected chi connectivity index (χ0v) is 10.2. The fraction of sp³-hybridized carbons (Fsp3) is 0.600. The first-order valence-corrected chi connectivity index (χ1v) is 5.52. The summed E-state index contributed by atoms with van der Waals surface area (Å²) in [6, 6.07) is 0. The fourth-order valence-electron chi connectivity index (χ4n) is 1.49. The highest BCUT2D eigenvalue weighted by Gasteiger charge is 2.13. The van der Waals surface area contributed by atoms with E-state index >= 15 is 0 Å². The maximum absolute atomic E-state index is 10.7. The van der Waals surface area contributed by atoms with Gasteiger partial charge in [-0.25, -0.2) is 4.98 Å². The summed E-state index contributed by atoms with van der Waals surface area (Å²) >= 11 is 5.86. The van der Waals surface area contributed by atoms with Crippen LogP contribution in [0.4, 0.5) is 0 Å². The molecule has 0 spiro atoms. The highest BCUT2D eigenvalue weighted by atomic mass is 35.5. The van der Waals surface area contributed by atoms with Gasteiger partial charge in [0, 0.05) is 7.05 Å². The van der Waals surface area contributed by atoms with E-state index in [2.05, 4.69) is 4.98 Å². The van der Waals surface area contributed by atoms with Gasteiger partial charge < -0.3 is 9.67 Å². The number of rotatable bonds is 6. The highest BCUT2D eigenvalue weighted by Crippen LogP contribution is 2.11. The zero-order valence-electron chi connectivity index (χ0n) is 9.48. The Hall–Kier alpha value is -1.07. The number of imidazole rings is 1. The molecule has 0 radical (unpaired) electrons. The molecule has 0 bridgehead atoms. The Kier molecular flexibility index (Phi) is 4.76. The maximum Gasteiger partial charge on any atom is 0.317 e. The van der Waals surface area contributed by atoms with Crippen LogP contribution in [0.1, 0.15) is 19.2 Å². The maximum atomic E-state index is 10.7. The number of carboxylic acid groups (broad SMARTS) is 1. The molecule has 0 unspecified atom stereocenters. The molecule has 16 heavy (non-hydrogen) atoms. The van der Waals surface area contributed by atoms with E-state index in [0.29, 0.717) is 11.7 Å². The van der Waals surface area contributed by atoms with Gasteiger partial charge >= 0.3 is 5.97 Å². The van der Waals surface area contributed by atoms with Gasteiger partial charge in [0.05, 0.1) is 19.3 Å². The summed E-state index contributed by atoms with van der Waals surface area (Å²) in [5, 5.41) is 9.33. The molecule has 0 aromatic carbocycles. The first kappa shape index (κ1) is 13.0. The van der Waals surface area contributed by atoms with Crippen molar-refractivity contribution in [1.82, 2.24) is 14.5 Å². The summed E-state index contributed by atoms with van der Waals surface area (Å²) in [5.74, 6) is -0.0477. The molecule has 0 saturated carbocycles. The number of hydrogen-bond acceptors (Lipinski definition) is 3. The molecule has 1 aromatic rings. The van der Waals surface area contributed by atoms with Crippen LogP contribution in [0.15, 0.2) is 6.20 Å². The minimum atomic E-state index is -0.825. The number of hydrogen-bond donors (Lipinski definition) is 1. The summed E-state index contributed by atoms with van der Waals surface area (Å²) in [6.07, 6.45) is 2.48. The molecule has 1 aromatic heterocycles. The number of aliphatic carboxylic acids is 1. The number of nitrogens with zero attached hydrogens (tertiary/aromatic N) is 3. The van der Waals surface area contributed by atoms with E-state index < -0.39 is 5.97 Å². The van der Waals surface area contributed by atoms with Gasteiger partial charge in [-0.2, -0.15) is 0 Å². The Morgan fingerprint density at radius 2 is 2.38 bits per heavy atom. The SMILES string of the molecule is CCCN(CC(=O)O)Cc1ncc(Cl)n1C. The molecular formula is C10H16ClN3O2. The fourth-order valence-corrected chi connectivity index (χ4v) is 1.64. The Balaban J connectivity index is 2.67. The molecule has 0 fully saturated rings. The average Bonchev–Trinajstić information content (AvgIpc) is 2.49. The van der Waals surface area contributed by atoms with Crippen LogP contribution in [-0.4, -0.2) is 38.6 Å². The topological polar surface area (TPSA) is 58.4 Å². The van der Waals surface area contributed by atoms with Crippen molar-refractivity contribution in [3.05, 3.63) is 17.2 Å². The normalized spacial score (nSPS) is 11.0. The molecule has 0 aliphatic heterocycles. The van der Waals surface area contributed by atoms with Crippen LogP contribution in [0.2, 0.25) is 5.15 Å². The Morgan fingerprint density at radius 1 is 1.69 bits per heavy atom. The molecule has 0 saturated heterocycles. The van der Waals surface area contributed by atoms with Crippen molar-refractivity contribution in [3.63, 3.8) is 0 Å². The van der Waals surface area contributed by atoms with Crippen LogP contribution in [0.5, 0.6) is 0 Å². The van der Waals surface area contributed by atoms with E-state index in [-0.39, 0.29) is 6.54 Å². The lowest BCUT2D eigenvalue weighted by molar-refractivity contribution is -0.138. The molecule has 1 heterocycles. The largest absolute Gasteiger partial charge is 0.480 e. The monoisotopic (exact) mass is 245 g/mol. The Labute approximate surface area is 99.6 Å². The van der Waals surface area contributed by atoms with Crippen molar-refractivity contribution >= 4 is 17.6 Å². The molecule has 1 N–H and O–H groups in total. The van der Waals surface area contributed by atoms with Crippen LogP contribution in [0.3, 0.4) is 0 Å². The van der Waals surface area contributed by atoms with Crippen LogP contribution >= 0.6 is 11.6 Å². The lowest BCUT2D eigenvalue weighted by atomic mass is 10.4. The lowest BCUT2D eigenvalue weighted by Crippen LogP contribution is -2.31. The number of carboxylic acids is 1. The third-order valence-electron chi connectivity index (χ3n) is 2.29. The van der Waals surface area contributed by atoms with E-state index in [0.717, 1.165) is 18.8 Å². The smallest absolute Gasteiger partial charge is 0.317 e. The van der Waals surface area contributed by atoms with E-state index in [1.54, 1.807) is 10.8 Å². The van der Waals surface area contributed by atoms with Crippen molar-refractivity contribution in [2.45, 2.75) is 19.9 Å². The summed E-state index contributed by atoms with van der Waals surface area (Å²) in [7, 11) is 1.82. The predicted molar refractivity (Wildman–Crippen MR) is 61.4 cm³/mol. The van der Waals surface area contributed by atoms with Crippen molar-refractivity contribution in [3.8, 4) is 0 Å². The van der Waals surface area contributed by atoms with Gasteiger partial charge in [-0.15, -0.1) is 0 Å². The van der Waals surface area contributed by atoms with Gasteiger partial charge in [-0.1, -0.05) is 18.5 Å². The van der Waals surface area contributed by atoms with Crippen molar-refractivity contribution in [1.29, 1.82) is 0 Å². The molecule has 90 valence electrons. The van der Waals surface area contributed by atoms with E-state index in [4.69, 9.17) is 16.7 Å². The van der Waals surface area contributed by atoms with Gasteiger partial charge in [-0.3, -0.25) is 9.69 Å². The minimum Gasteiger partial charge on any atom is -0.480 e. The number of halogens is 1. The first-order chi connectivity index (χ1) is 7.54. The molecule has 0 atom stereocenters. The second kappa shape index (κ2) is 5.86. The van der Waals surface area contributed by atoms with Crippen molar-refractivity contribution in [2.24, 2.45) is 7.05 Å². The predicted octanol–water partition coefficient (Wildman–Crippen LogP) is 1.37. The van der Waals surface area contributed by atoms with E-state index in [1.807, 2.05) is 18.9 Å². The molecular weight excluding hydrogens is 230 g/mol.